The predicted octanol–water partition coefficient (Wildman–Crippen LogP) is 1.60. The van der Waals surface area contributed by atoms with Gasteiger partial charge in [-0.15, -0.1) is 0 Å². The summed E-state index contributed by atoms with van der Waals surface area (Å²) < 4.78 is 0. The summed E-state index contributed by atoms with van der Waals surface area (Å²) in [6.07, 6.45) is 0. The molecule has 1 N–H and O–H groups in total. The molecule has 112 valence electrons. The molecule has 8 heteroatoms. The first-order chi connectivity index (χ1) is 9.76. The van der Waals surface area contributed by atoms with E-state index in [-0.39, 0.29) is 28.7 Å². The van der Waals surface area contributed by atoms with E-state index in [2.05, 4.69) is 5.32 Å². The molecular weight excluding hydrogens is 298 g/mol. The number of carbonyl (C=O) groups excluding carboxylic acids is 2. The van der Waals surface area contributed by atoms with Crippen molar-refractivity contribution in [2.45, 2.75) is 19.4 Å². The van der Waals surface area contributed by atoms with Crippen molar-refractivity contribution in [2.75, 3.05) is 13.1 Å². The van der Waals surface area contributed by atoms with Crippen LogP contribution in [-0.2, 0) is 4.79 Å². The normalized spacial score (nSPS) is 17.3. The molecule has 2 amide bonds. The molecule has 1 aromatic rings. The number of piperazine rings is 1. The molecule has 0 aliphatic carbocycles. The van der Waals surface area contributed by atoms with E-state index in [0.29, 0.717) is 6.54 Å². The Morgan fingerprint density at radius 1 is 1.48 bits per heavy atom. The largest absolute Gasteiger partial charge is 0.352 e. The Hall–Kier alpha value is -2.15. The highest BCUT2D eigenvalue weighted by Gasteiger charge is 2.42. The maximum atomic E-state index is 12.7. The number of nitro groups is 1. The monoisotopic (exact) mass is 311 g/mol. The van der Waals surface area contributed by atoms with Crippen LogP contribution in [0.3, 0.4) is 0 Å². The number of nitrogens with one attached hydrogen (secondary N) is 1. The smallest absolute Gasteiger partial charge is 0.283 e. The molecule has 0 bridgehead atoms. The van der Waals surface area contributed by atoms with Gasteiger partial charge >= 0.3 is 0 Å². The van der Waals surface area contributed by atoms with Crippen LogP contribution in [0.2, 0.25) is 5.02 Å². The Balaban J connectivity index is 2.50. The SMILES string of the molecule is CC1(C)C(=O)NCCN1C(=O)c1c(Cl)cccc1[N+](=O)[O-]. The minimum absolute atomic E-state index is 0.00372. The summed E-state index contributed by atoms with van der Waals surface area (Å²) in [5, 5.41) is 13.7. The standard InChI is InChI=1S/C13H14ClN3O4/c1-13(2)12(19)15-6-7-16(13)11(18)10-8(14)4-3-5-9(10)17(20)21/h3-5H,6-7H2,1-2H3,(H,15,19). The molecule has 2 rings (SSSR count). The number of rotatable bonds is 2. The summed E-state index contributed by atoms with van der Waals surface area (Å²) >= 11 is 5.96. The summed E-state index contributed by atoms with van der Waals surface area (Å²) in [6.45, 7) is 3.73. The van der Waals surface area contributed by atoms with Crippen molar-refractivity contribution in [3.63, 3.8) is 0 Å². The van der Waals surface area contributed by atoms with E-state index in [0.717, 1.165) is 0 Å². The molecule has 0 aromatic heterocycles. The van der Waals surface area contributed by atoms with Gasteiger partial charge in [0.15, 0.2) is 0 Å². The number of nitro benzene ring substituents is 1. The zero-order valence-electron chi connectivity index (χ0n) is 11.6. The van der Waals surface area contributed by atoms with Crippen molar-refractivity contribution in [2.24, 2.45) is 0 Å². The molecule has 1 aliphatic heterocycles. The summed E-state index contributed by atoms with van der Waals surface area (Å²) in [5.74, 6) is -0.927. The maximum absolute atomic E-state index is 12.7. The second kappa shape index (κ2) is 5.33. The van der Waals surface area contributed by atoms with Crippen LogP contribution < -0.4 is 5.32 Å². The number of amides is 2. The summed E-state index contributed by atoms with van der Waals surface area (Å²) in [4.78, 5) is 36.3. The fourth-order valence-corrected chi connectivity index (χ4v) is 2.52. The van der Waals surface area contributed by atoms with Crippen molar-refractivity contribution >= 4 is 29.1 Å². The van der Waals surface area contributed by atoms with Crippen molar-refractivity contribution in [3.8, 4) is 0 Å². The van der Waals surface area contributed by atoms with Gasteiger partial charge < -0.3 is 10.2 Å². The molecule has 0 spiro atoms. The fraction of sp³-hybridized carbons (Fsp3) is 0.385. The number of carbonyl (C=O) groups is 2. The lowest BCUT2D eigenvalue weighted by Gasteiger charge is -2.41. The number of halogens is 1. The van der Waals surface area contributed by atoms with Gasteiger partial charge in [0.2, 0.25) is 5.91 Å². The quantitative estimate of drug-likeness (QED) is 0.663. The highest BCUT2D eigenvalue weighted by molar-refractivity contribution is 6.34. The van der Waals surface area contributed by atoms with Crippen molar-refractivity contribution in [1.29, 1.82) is 0 Å². The summed E-state index contributed by atoms with van der Waals surface area (Å²) in [5.41, 5.74) is -1.65. The third-order valence-electron chi connectivity index (χ3n) is 3.50. The first-order valence-corrected chi connectivity index (χ1v) is 6.67. The highest BCUT2D eigenvalue weighted by Crippen LogP contribution is 2.30. The van der Waals surface area contributed by atoms with E-state index >= 15 is 0 Å². The fourth-order valence-electron chi connectivity index (χ4n) is 2.27. The topological polar surface area (TPSA) is 92.6 Å². The van der Waals surface area contributed by atoms with E-state index in [9.17, 15) is 19.7 Å². The second-order valence-electron chi connectivity index (χ2n) is 5.16. The molecule has 1 aliphatic rings. The van der Waals surface area contributed by atoms with Crippen LogP contribution in [0.25, 0.3) is 0 Å². The van der Waals surface area contributed by atoms with Gasteiger partial charge in [0.25, 0.3) is 11.6 Å². The van der Waals surface area contributed by atoms with Crippen LogP contribution in [-0.4, -0.2) is 40.3 Å². The van der Waals surface area contributed by atoms with E-state index < -0.39 is 16.4 Å². The number of nitrogens with zero attached hydrogens (tertiary/aromatic N) is 2. The summed E-state index contributed by atoms with van der Waals surface area (Å²) in [7, 11) is 0. The predicted molar refractivity (Wildman–Crippen MR) is 76.2 cm³/mol. The van der Waals surface area contributed by atoms with E-state index in [1.807, 2.05) is 0 Å². The van der Waals surface area contributed by atoms with Crippen molar-refractivity contribution in [3.05, 3.63) is 38.9 Å². The molecule has 1 heterocycles. The van der Waals surface area contributed by atoms with Gasteiger partial charge in [-0.1, -0.05) is 17.7 Å². The molecule has 1 fully saturated rings. The first kappa shape index (κ1) is 15.2. The number of hydrogen-bond acceptors (Lipinski definition) is 4. The molecule has 0 unspecified atom stereocenters. The molecule has 0 atom stereocenters. The van der Waals surface area contributed by atoms with Gasteiger partial charge in [-0.25, -0.2) is 0 Å². The van der Waals surface area contributed by atoms with E-state index in [4.69, 9.17) is 11.6 Å². The van der Waals surface area contributed by atoms with Gasteiger partial charge in [0, 0.05) is 19.2 Å². The number of hydrogen-bond donors (Lipinski definition) is 1. The molecule has 21 heavy (non-hydrogen) atoms. The van der Waals surface area contributed by atoms with Crippen molar-refractivity contribution < 1.29 is 14.5 Å². The van der Waals surface area contributed by atoms with Crippen LogP contribution in [0.5, 0.6) is 0 Å². The summed E-state index contributed by atoms with van der Waals surface area (Å²) in [6, 6.07) is 4.04. The van der Waals surface area contributed by atoms with Crippen LogP contribution >= 0.6 is 11.6 Å². The Morgan fingerprint density at radius 2 is 2.14 bits per heavy atom. The Morgan fingerprint density at radius 3 is 2.76 bits per heavy atom. The lowest BCUT2D eigenvalue weighted by Crippen LogP contribution is -2.63. The molecule has 1 saturated heterocycles. The molecule has 0 radical (unpaired) electrons. The Kier molecular flexibility index (Phi) is 3.87. The van der Waals surface area contributed by atoms with Crippen LogP contribution in [0.4, 0.5) is 5.69 Å². The lowest BCUT2D eigenvalue weighted by atomic mass is 9.97. The van der Waals surface area contributed by atoms with Crippen LogP contribution in [0.1, 0.15) is 24.2 Å². The van der Waals surface area contributed by atoms with E-state index in [1.54, 1.807) is 13.8 Å². The average molecular weight is 312 g/mol. The minimum atomic E-state index is -1.09. The van der Waals surface area contributed by atoms with Crippen LogP contribution in [0.15, 0.2) is 18.2 Å². The molecule has 1 aromatic carbocycles. The minimum Gasteiger partial charge on any atom is -0.352 e. The molecule has 0 saturated carbocycles. The van der Waals surface area contributed by atoms with Gasteiger partial charge in [0.1, 0.15) is 11.1 Å². The average Bonchev–Trinajstić information content (AvgIpc) is 2.40. The zero-order valence-corrected chi connectivity index (χ0v) is 12.3. The number of benzene rings is 1. The lowest BCUT2D eigenvalue weighted by molar-refractivity contribution is -0.385. The molecule has 7 nitrogen and oxygen atoms in total. The van der Waals surface area contributed by atoms with Gasteiger partial charge in [-0.05, 0) is 19.9 Å². The highest BCUT2D eigenvalue weighted by atomic mass is 35.5. The van der Waals surface area contributed by atoms with E-state index in [1.165, 1.54) is 23.1 Å². The second-order valence-corrected chi connectivity index (χ2v) is 5.57. The van der Waals surface area contributed by atoms with Gasteiger partial charge in [0.05, 0.1) is 9.95 Å². The van der Waals surface area contributed by atoms with Gasteiger partial charge in [-0.2, -0.15) is 0 Å². The molecular formula is C13H14ClN3O4. The first-order valence-electron chi connectivity index (χ1n) is 6.30. The third kappa shape index (κ3) is 2.56. The maximum Gasteiger partial charge on any atom is 0.283 e. The third-order valence-corrected chi connectivity index (χ3v) is 3.81. The zero-order chi connectivity index (χ0) is 15.8. The Bertz CT molecular complexity index is 630. The Labute approximate surface area is 126 Å². The van der Waals surface area contributed by atoms with Crippen molar-refractivity contribution in [1.82, 2.24) is 10.2 Å². The van der Waals surface area contributed by atoms with Crippen LogP contribution in [0, 0.1) is 10.1 Å². The van der Waals surface area contributed by atoms with Gasteiger partial charge in [-0.3, -0.25) is 19.7 Å².